The summed E-state index contributed by atoms with van der Waals surface area (Å²) in [5.41, 5.74) is 1.08. The van der Waals surface area contributed by atoms with Crippen LogP contribution in [0.25, 0.3) is 0 Å². The van der Waals surface area contributed by atoms with E-state index in [9.17, 15) is 4.79 Å². The number of nitrogens with zero attached hydrogens (tertiary/aromatic N) is 3. The maximum Gasteiger partial charge on any atom is 0.243 e. The fourth-order valence-electron chi connectivity index (χ4n) is 2.21. The van der Waals surface area contributed by atoms with Crippen molar-refractivity contribution in [3.05, 3.63) is 23.8 Å². The number of guanidine groups is 1. The van der Waals surface area contributed by atoms with Gasteiger partial charge >= 0.3 is 0 Å². The third kappa shape index (κ3) is 4.78. The third-order valence-electron chi connectivity index (χ3n) is 3.50. The highest BCUT2D eigenvalue weighted by atomic mass is 16.7. The Morgan fingerprint density at radius 1 is 1.25 bits per heavy atom. The Labute approximate surface area is 143 Å². The van der Waals surface area contributed by atoms with E-state index in [1.54, 1.807) is 14.1 Å². The van der Waals surface area contributed by atoms with Gasteiger partial charge < -0.3 is 24.6 Å². The van der Waals surface area contributed by atoms with Gasteiger partial charge in [0.25, 0.3) is 0 Å². The first-order valence-electron chi connectivity index (χ1n) is 7.97. The molecule has 1 aliphatic heterocycles. The van der Waals surface area contributed by atoms with E-state index in [-0.39, 0.29) is 25.3 Å². The molecule has 1 aromatic rings. The van der Waals surface area contributed by atoms with Crippen molar-refractivity contribution in [2.45, 2.75) is 26.4 Å². The number of carbonyl (C=O) groups is 1. The molecule has 1 amide bonds. The van der Waals surface area contributed by atoms with Gasteiger partial charge in [0.2, 0.25) is 12.7 Å². The van der Waals surface area contributed by atoms with Crippen LogP contribution in [0.5, 0.6) is 11.5 Å². The van der Waals surface area contributed by atoms with Gasteiger partial charge in [-0.15, -0.1) is 0 Å². The molecule has 24 heavy (non-hydrogen) atoms. The van der Waals surface area contributed by atoms with Gasteiger partial charge in [0.1, 0.15) is 6.54 Å². The van der Waals surface area contributed by atoms with Crippen molar-refractivity contribution in [2.24, 2.45) is 4.99 Å². The Morgan fingerprint density at radius 2 is 1.96 bits per heavy atom. The molecule has 1 heterocycles. The summed E-state index contributed by atoms with van der Waals surface area (Å²) in [6.07, 6.45) is 0. The Morgan fingerprint density at radius 3 is 2.62 bits per heavy atom. The van der Waals surface area contributed by atoms with E-state index in [1.807, 2.05) is 44.0 Å². The van der Waals surface area contributed by atoms with E-state index >= 15 is 0 Å². The van der Waals surface area contributed by atoms with Crippen molar-refractivity contribution < 1.29 is 14.3 Å². The Hall–Kier alpha value is -2.44. The number of nitrogens with one attached hydrogen (secondary N) is 1. The van der Waals surface area contributed by atoms with E-state index in [0.717, 1.165) is 17.1 Å². The molecule has 0 bridgehead atoms. The number of ether oxygens (including phenoxy) is 2. The first kappa shape index (κ1) is 17.9. The Balaban J connectivity index is 2.07. The highest BCUT2D eigenvalue weighted by molar-refractivity contribution is 5.84. The van der Waals surface area contributed by atoms with Crippen LogP contribution in [0.1, 0.15) is 19.4 Å². The third-order valence-corrected chi connectivity index (χ3v) is 3.50. The lowest BCUT2D eigenvalue weighted by atomic mass is 10.2. The molecule has 0 saturated heterocycles. The second-order valence-corrected chi connectivity index (χ2v) is 6.27. The van der Waals surface area contributed by atoms with Crippen molar-refractivity contribution in [1.29, 1.82) is 0 Å². The van der Waals surface area contributed by atoms with Crippen molar-refractivity contribution in [3.63, 3.8) is 0 Å². The lowest BCUT2D eigenvalue weighted by Crippen LogP contribution is -2.42. The van der Waals surface area contributed by atoms with Crippen molar-refractivity contribution in [2.75, 3.05) is 34.5 Å². The minimum atomic E-state index is -0.0328. The van der Waals surface area contributed by atoms with Crippen LogP contribution in [0.2, 0.25) is 0 Å². The van der Waals surface area contributed by atoms with Crippen LogP contribution < -0.4 is 14.8 Å². The predicted molar refractivity (Wildman–Crippen MR) is 93.3 cm³/mol. The summed E-state index contributed by atoms with van der Waals surface area (Å²) >= 11 is 0. The van der Waals surface area contributed by atoms with Crippen LogP contribution >= 0.6 is 0 Å². The van der Waals surface area contributed by atoms with Gasteiger partial charge in [-0.05, 0) is 31.5 Å². The lowest BCUT2D eigenvalue weighted by Gasteiger charge is -2.24. The molecular weight excluding hydrogens is 308 g/mol. The number of hydrogen-bond donors (Lipinski definition) is 1. The molecule has 2 rings (SSSR count). The first-order valence-corrected chi connectivity index (χ1v) is 7.97. The largest absolute Gasteiger partial charge is 0.454 e. The molecular formula is C17H26N4O3. The number of fused-ring (bicyclic) bond motifs is 1. The summed E-state index contributed by atoms with van der Waals surface area (Å²) in [6, 6.07) is 6.10. The number of hydrogen-bond acceptors (Lipinski definition) is 4. The van der Waals surface area contributed by atoms with Crippen LogP contribution in [0.3, 0.4) is 0 Å². The van der Waals surface area contributed by atoms with Crippen LogP contribution in [0.4, 0.5) is 0 Å². The van der Waals surface area contributed by atoms with Gasteiger partial charge in [-0.25, -0.2) is 4.99 Å². The topological polar surface area (TPSA) is 66.4 Å². The van der Waals surface area contributed by atoms with Crippen LogP contribution in [0, 0.1) is 0 Å². The van der Waals surface area contributed by atoms with Gasteiger partial charge in [0.15, 0.2) is 17.5 Å². The number of likely N-dealkylation sites (N-methyl/N-ethyl adjacent to an activating group) is 1. The van der Waals surface area contributed by atoms with Crippen molar-refractivity contribution in [1.82, 2.24) is 15.1 Å². The summed E-state index contributed by atoms with van der Waals surface area (Å²) in [6.45, 7) is 5.11. The highest BCUT2D eigenvalue weighted by Gasteiger charge is 2.15. The van der Waals surface area contributed by atoms with Crippen LogP contribution in [-0.4, -0.2) is 62.2 Å². The monoisotopic (exact) mass is 334 g/mol. The van der Waals surface area contributed by atoms with E-state index in [4.69, 9.17) is 9.47 Å². The smallest absolute Gasteiger partial charge is 0.243 e. The maximum atomic E-state index is 11.8. The molecule has 0 aliphatic carbocycles. The maximum absolute atomic E-state index is 11.8. The molecule has 7 nitrogen and oxygen atoms in total. The number of carbonyl (C=O) groups excluding carboxylic acids is 1. The second kappa shape index (κ2) is 7.90. The van der Waals surface area contributed by atoms with Gasteiger partial charge in [0.05, 0.1) is 0 Å². The standard InChI is InChI=1S/C17H26N4O3/c1-12(2)19-17(18-9-16(22)20(3)4)21(5)10-13-6-7-14-15(8-13)24-11-23-14/h6-8,12H,9-11H2,1-5H3,(H,18,19). The summed E-state index contributed by atoms with van der Waals surface area (Å²) < 4.78 is 10.7. The van der Waals surface area contributed by atoms with Crippen molar-refractivity contribution in [3.8, 4) is 11.5 Å². The molecule has 7 heteroatoms. The zero-order valence-electron chi connectivity index (χ0n) is 15.0. The molecule has 0 spiro atoms. The average molecular weight is 334 g/mol. The predicted octanol–water partition coefficient (Wildman–Crippen LogP) is 1.29. The van der Waals surface area contributed by atoms with E-state index in [2.05, 4.69) is 10.3 Å². The van der Waals surface area contributed by atoms with Gasteiger partial charge in [0, 0.05) is 33.7 Å². The Bertz CT molecular complexity index is 614. The van der Waals surface area contributed by atoms with Gasteiger partial charge in [-0.1, -0.05) is 6.07 Å². The zero-order valence-corrected chi connectivity index (χ0v) is 15.0. The van der Waals surface area contributed by atoms with Crippen molar-refractivity contribution >= 4 is 11.9 Å². The number of amides is 1. The molecule has 0 atom stereocenters. The summed E-state index contributed by atoms with van der Waals surface area (Å²) in [4.78, 5) is 19.7. The normalized spacial score (nSPS) is 13.2. The van der Waals surface area contributed by atoms with Crippen LogP contribution in [-0.2, 0) is 11.3 Å². The fraction of sp³-hybridized carbons (Fsp3) is 0.529. The lowest BCUT2D eigenvalue weighted by molar-refractivity contribution is -0.127. The minimum absolute atomic E-state index is 0.0328. The molecule has 1 aromatic carbocycles. The Kier molecular flexibility index (Phi) is 5.89. The van der Waals surface area contributed by atoms with Gasteiger partial charge in [-0.2, -0.15) is 0 Å². The second-order valence-electron chi connectivity index (χ2n) is 6.27. The molecule has 0 unspecified atom stereocenters. The van der Waals surface area contributed by atoms with Crippen LogP contribution in [0.15, 0.2) is 23.2 Å². The molecule has 0 saturated carbocycles. The quantitative estimate of drug-likeness (QED) is 0.649. The minimum Gasteiger partial charge on any atom is -0.454 e. The molecule has 1 aliphatic rings. The highest BCUT2D eigenvalue weighted by Crippen LogP contribution is 2.32. The fourth-order valence-corrected chi connectivity index (χ4v) is 2.21. The average Bonchev–Trinajstić information content (AvgIpc) is 2.98. The van der Waals surface area contributed by atoms with E-state index < -0.39 is 0 Å². The molecule has 132 valence electrons. The number of rotatable bonds is 5. The van der Waals surface area contributed by atoms with E-state index in [1.165, 1.54) is 4.90 Å². The molecule has 1 N–H and O–H groups in total. The molecule has 0 fully saturated rings. The summed E-state index contributed by atoms with van der Waals surface area (Å²) in [7, 11) is 5.40. The van der Waals surface area contributed by atoms with E-state index in [0.29, 0.717) is 12.5 Å². The zero-order chi connectivity index (χ0) is 17.7. The van der Waals surface area contributed by atoms with Gasteiger partial charge in [-0.3, -0.25) is 4.79 Å². The molecule has 0 aromatic heterocycles. The SMILES string of the molecule is CC(C)NC(=NCC(=O)N(C)C)N(C)Cc1ccc2c(c1)OCO2. The first-order chi connectivity index (χ1) is 11.4. The number of benzene rings is 1. The number of aliphatic imine (C=N–C) groups is 1. The summed E-state index contributed by atoms with van der Waals surface area (Å²) in [5.74, 6) is 2.19. The summed E-state index contributed by atoms with van der Waals surface area (Å²) in [5, 5.41) is 3.30. The molecule has 0 radical (unpaired) electrons.